The van der Waals surface area contributed by atoms with Gasteiger partial charge in [-0.25, -0.2) is 0 Å². The van der Waals surface area contributed by atoms with Crippen LogP contribution in [0.15, 0.2) is 22.7 Å². The first-order chi connectivity index (χ1) is 7.53. The van der Waals surface area contributed by atoms with Gasteiger partial charge in [0.15, 0.2) is 0 Å². The highest BCUT2D eigenvalue weighted by Gasteiger charge is 2.20. The van der Waals surface area contributed by atoms with Crippen molar-refractivity contribution in [2.75, 3.05) is 11.9 Å². The zero-order valence-electron chi connectivity index (χ0n) is 9.42. The number of benzene rings is 1. The second kappa shape index (κ2) is 5.33. The fourth-order valence-electron chi connectivity index (χ4n) is 1.31. The van der Waals surface area contributed by atoms with Crippen molar-refractivity contribution in [3.8, 4) is 6.07 Å². The van der Waals surface area contributed by atoms with E-state index in [1.54, 1.807) is 12.1 Å². The van der Waals surface area contributed by atoms with Crippen molar-refractivity contribution in [1.82, 2.24) is 0 Å². The summed E-state index contributed by atoms with van der Waals surface area (Å²) < 4.78 is 0.852. The van der Waals surface area contributed by atoms with Crippen LogP contribution in [0.5, 0.6) is 0 Å². The van der Waals surface area contributed by atoms with Crippen LogP contribution in [0.25, 0.3) is 0 Å². The highest BCUT2D eigenvalue weighted by Crippen LogP contribution is 2.23. The first kappa shape index (κ1) is 13.0. The molecule has 3 nitrogen and oxygen atoms in total. The molecule has 1 atom stereocenters. The van der Waals surface area contributed by atoms with E-state index in [4.69, 9.17) is 5.26 Å². The second-order valence-corrected chi connectivity index (χ2v) is 4.95. The topological polar surface area (TPSA) is 56.0 Å². The van der Waals surface area contributed by atoms with E-state index in [-0.39, 0.29) is 12.1 Å². The van der Waals surface area contributed by atoms with E-state index < -0.39 is 0 Å². The molecule has 0 saturated heterocycles. The summed E-state index contributed by atoms with van der Waals surface area (Å²) in [5, 5.41) is 21.4. The molecule has 2 N–H and O–H groups in total. The fraction of sp³-hybridized carbons (Fsp3) is 0.417. The maximum atomic E-state index is 9.30. The van der Waals surface area contributed by atoms with E-state index in [0.29, 0.717) is 5.56 Å². The van der Waals surface area contributed by atoms with E-state index in [0.717, 1.165) is 16.6 Å². The minimum absolute atomic E-state index is 0.0535. The van der Waals surface area contributed by atoms with Crippen molar-refractivity contribution in [1.29, 1.82) is 5.26 Å². The zero-order valence-corrected chi connectivity index (χ0v) is 11.0. The van der Waals surface area contributed by atoms with Crippen molar-refractivity contribution in [3.05, 3.63) is 28.2 Å². The molecule has 0 aromatic heterocycles. The Morgan fingerprint density at radius 3 is 2.69 bits per heavy atom. The van der Waals surface area contributed by atoms with Crippen LogP contribution >= 0.6 is 15.9 Å². The van der Waals surface area contributed by atoms with E-state index in [1.165, 1.54) is 0 Å². The number of anilines is 1. The third-order valence-corrected chi connectivity index (χ3v) is 3.06. The molecule has 1 rings (SSSR count). The van der Waals surface area contributed by atoms with Gasteiger partial charge in [-0.2, -0.15) is 5.26 Å². The molecule has 0 saturated carbocycles. The Balaban J connectivity index is 2.97. The van der Waals surface area contributed by atoms with Gasteiger partial charge in [0.05, 0.1) is 23.8 Å². The van der Waals surface area contributed by atoms with Crippen LogP contribution in [-0.2, 0) is 0 Å². The Morgan fingerprint density at radius 2 is 2.19 bits per heavy atom. The Labute approximate surface area is 104 Å². The number of aliphatic hydroxyl groups excluding tert-OH is 1. The number of nitriles is 1. The van der Waals surface area contributed by atoms with Gasteiger partial charge in [-0.15, -0.1) is 0 Å². The summed E-state index contributed by atoms with van der Waals surface area (Å²) in [6.07, 6.45) is 0.803. The number of halogens is 1. The Kier molecular flexibility index (Phi) is 4.34. The minimum atomic E-state index is -0.354. The molecule has 0 radical (unpaired) electrons. The van der Waals surface area contributed by atoms with Gasteiger partial charge in [0.25, 0.3) is 0 Å². The Morgan fingerprint density at radius 1 is 1.50 bits per heavy atom. The summed E-state index contributed by atoms with van der Waals surface area (Å²) >= 11 is 3.35. The van der Waals surface area contributed by atoms with E-state index in [2.05, 4.69) is 27.3 Å². The lowest BCUT2D eigenvalue weighted by molar-refractivity contribution is 0.219. The van der Waals surface area contributed by atoms with Gasteiger partial charge in [-0.1, -0.05) is 22.9 Å². The predicted molar refractivity (Wildman–Crippen MR) is 68.3 cm³/mol. The lowest BCUT2D eigenvalue weighted by atomic mass is 9.99. The van der Waals surface area contributed by atoms with Gasteiger partial charge >= 0.3 is 0 Å². The quantitative estimate of drug-likeness (QED) is 0.893. The molecule has 4 heteroatoms. The smallest absolute Gasteiger partial charge is 0.0992 e. The number of hydrogen-bond donors (Lipinski definition) is 2. The molecule has 0 bridgehead atoms. The molecule has 1 aromatic carbocycles. The van der Waals surface area contributed by atoms with Crippen LogP contribution in [0.4, 0.5) is 5.69 Å². The van der Waals surface area contributed by atoms with E-state index in [1.807, 2.05) is 19.9 Å². The zero-order chi connectivity index (χ0) is 12.2. The van der Waals surface area contributed by atoms with Crippen molar-refractivity contribution < 1.29 is 5.11 Å². The highest BCUT2D eigenvalue weighted by atomic mass is 79.9. The molecule has 1 unspecified atom stereocenters. The van der Waals surface area contributed by atoms with Crippen molar-refractivity contribution in [2.45, 2.75) is 25.8 Å². The molecule has 0 aliphatic heterocycles. The first-order valence-electron chi connectivity index (χ1n) is 5.13. The van der Waals surface area contributed by atoms with Crippen LogP contribution in [0.2, 0.25) is 0 Å². The largest absolute Gasteiger partial charge is 0.394 e. The van der Waals surface area contributed by atoms with Crippen LogP contribution in [-0.4, -0.2) is 17.3 Å². The molecule has 0 heterocycles. The number of hydrogen-bond acceptors (Lipinski definition) is 3. The summed E-state index contributed by atoms with van der Waals surface area (Å²) in [4.78, 5) is 0. The maximum Gasteiger partial charge on any atom is 0.0992 e. The molecule has 0 aliphatic carbocycles. The highest BCUT2D eigenvalue weighted by molar-refractivity contribution is 9.10. The number of nitrogens with zero attached hydrogens (tertiary/aromatic N) is 1. The molecule has 86 valence electrons. The van der Waals surface area contributed by atoms with Crippen LogP contribution in [0, 0.1) is 11.3 Å². The summed E-state index contributed by atoms with van der Waals surface area (Å²) in [6, 6.07) is 7.52. The summed E-state index contributed by atoms with van der Waals surface area (Å²) in [5.41, 5.74) is 1.07. The Hall–Kier alpha value is -1.05. The number of aliphatic hydroxyl groups is 1. The molecule has 0 aliphatic rings. The second-order valence-electron chi connectivity index (χ2n) is 4.04. The third-order valence-electron chi connectivity index (χ3n) is 2.60. The average Bonchev–Trinajstić information content (AvgIpc) is 2.28. The lowest BCUT2D eigenvalue weighted by Gasteiger charge is -2.28. The predicted octanol–water partition coefficient (Wildman–Crippen LogP) is 2.89. The van der Waals surface area contributed by atoms with Gasteiger partial charge in [0.2, 0.25) is 0 Å². The van der Waals surface area contributed by atoms with Gasteiger partial charge < -0.3 is 10.4 Å². The van der Waals surface area contributed by atoms with Gasteiger partial charge in [0.1, 0.15) is 0 Å². The Bertz CT molecular complexity index is 408. The van der Waals surface area contributed by atoms with Crippen LogP contribution in [0.1, 0.15) is 25.8 Å². The summed E-state index contributed by atoms with van der Waals surface area (Å²) in [7, 11) is 0. The van der Waals surface area contributed by atoms with Crippen molar-refractivity contribution >= 4 is 21.6 Å². The molecule has 16 heavy (non-hydrogen) atoms. The van der Waals surface area contributed by atoms with Gasteiger partial charge in [-0.3, -0.25) is 0 Å². The number of nitrogens with one attached hydrogen (secondary N) is 1. The molecule has 1 aromatic rings. The number of rotatable bonds is 4. The minimum Gasteiger partial charge on any atom is -0.394 e. The van der Waals surface area contributed by atoms with Gasteiger partial charge in [-0.05, 0) is 31.5 Å². The normalized spacial score (nSPS) is 13.9. The monoisotopic (exact) mass is 282 g/mol. The molecule has 0 amide bonds. The molecule has 0 fully saturated rings. The van der Waals surface area contributed by atoms with E-state index >= 15 is 0 Å². The van der Waals surface area contributed by atoms with Crippen LogP contribution in [0.3, 0.4) is 0 Å². The molecule has 0 spiro atoms. The lowest BCUT2D eigenvalue weighted by Crippen LogP contribution is -2.37. The van der Waals surface area contributed by atoms with Crippen LogP contribution < -0.4 is 5.32 Å². The SMILES string of the molecule is CCC(C)(CO)Nc1cc(Br)cc(C#N)c1. The maximum absolute atomic E-state index is 9.30. The molecular weight excluding hydrogens is 268 g/mol. The molecular formula is C12H15BrN2O. The first-order valence-corrected chi connectivity index (χ1v) is 5.92. The fourth-order valence-corrected chi connectivity index (χ4v) is 1.81. The summed E-state index contributed by atoms with van der Waals surface area (Å²) in [5.74, 6) is 0. The summed E-state index contributed by atoms with van der Waals surface area (Å²) in [6.45, 7) is 4.00. The van der Waals surface area contributed by atoms with Crippen molar-refractivity contribution in [3.63, 3.8) is 0 Å². The average molecular weight is 283 g/mol. The van der Waals surface area contributed by atoms with Gasteiger partial charge in [0, 0.05) is 10.2 Å². The van der Waals surface area contributed by atoms with E-state index in [9.17, 15) is 5.11 Å². The van der Waals surface area contributed by atoms with Crippen molar-refractivity contribution in [2.24, 2.45) is 0 Å². The third kappa shape index (κ3) is 3.22. The standard InChI is InChI=1S/C12H15BrN2O/c1-3-12(2,8-16)15-11-5-9(7-14)4-10(13)6-11/h4-6,15-16H,3,8H2,1-2H3.